The number of nitrogens with zero attached hydrogens (tertiary/aromatic N) is 4. The van der Waals surface area contributed by atoms with Gasteiger partial charge in [0, 0.05) is 18.8 Å². The number of pyridine rings is 1. The molecular formula is C9H8N4O2. The molecule has 0 spiro atoms. The third kappa shape index (κ3) is 1.69. The lowest BCUT2D eigenvalue weighted by Gasteiger charge is -2.00. The maximum atomic E-state index is 10.7. The first-order valence-electron chi connectivity index (χ1n) is 4.23. The van der Waals surface area contributed by atoms with E-state index in [0.29, 0.717) is 0 Å². The Bertz CT molecular complexity index is 506. The zero-order chi connectivity index (χ0) is 10.8. The van der Waals surface area contributed by atoms with Crippen molar-refractivity contribution in [2.24, 2.45) is 7.05 Å². The summed E-state index contributed by atoms with van der Waals surface area (Å²) in [5, 5.41) is 16.3. The van der Waals surface area contributed by atoms with E-state index in [4.69, 9.17) is 5.11 Å². The second-order valence-corrected chi connectivity index (χ2v) is 2.98. The Balaban J connectivity index is 2.50. The van der Waals surface area contributed by atoms with Crippen LogP contribution in [0.1, 0.15) is 10.5 Å². The average molecular weight is 204 g/mol. The van der Waals surface area contributed by atoms with Crippen LogP contribution in [-0.4, -0.2) is 31.1 Å². The number of rotatable bonds is 2. The minimum absolute atomic E-state index is 0.00806. The molecule has 2 rings (SSSR count). The van der Waals surface area contributed by atoms with Crippen LogP contribution >= 0.6 is 0 Å². The zero-order valence-corrected chi connectivity index (χ0v) is 7.95. The lowest BCUT2D eigenvalue weighted by molar-refractivity contribution is 0.0690. The normalized spacial score (nSPS) is 10.2. The number of carboxylic acids is 1. The molecule has 0 atom stereocenters. The van der Waals surface area contributed by atoms with Crippen molar-refractivity contribution in [3.8, 4) is 11.3 Å². The molecule has 0 aliphatic heterocycles. The summed E-state index contributed by atoms with van der Waals surface area (Å²) in [6.45, 7) is 0. The van der Waals surface area contributed by atoms with E-state index in [1.165, 1.54) is 12.3 Å². The van der Waals surface area contributed by atoms with Gasteiger partial charge in [-0.05, 0) is 12.1 Å². The van der Waals surface area contributed by atoms with Crippen LogP contribution in [0.4, 0.5) is 0 Å². The summed E-state index contributed by atoms with van der Waals surface area (Å²) in [6, 6.07) is 3.20. The number of carbonyl (C=O) groups is 1. The van der Waals surface area contributed by atoms with E-state index in [1.54, 1.807) is 24.0 Å². The summed E-state index contributed by atoms with van der Waals surface area (Å²) < 4.78 is 1.57. The second kappa shape index (κ2) is 3.49. The van der Waals surface area contributed by atoms with Gasteiger partial charge in [0.15, 0.2) is 0 Å². The molecule has 0 bridgehead atoms. The van der Waals surface area contributed by atoms with Crippen LogP contribution in [0, 0.1) is 0 Å². The van der Waals surface area contributed by atoms with E-state index < -0.39 is 5.97 Å². The summed E-state index contributed by atoms with van der Waals surface area (Å²) in [6.07, 6.45) is 3.02. The second-order valence-electron chi connectivity index (χ2n) is 2.98. The molecular weight excluding hydrogens is 196 g/mol. The highest BCUT2D eigenvalue weighted by atomic mass is 16.4. The molecule has 0 aromatic carbocycles. The Morgan fingerprint density at radius 3 is 2.93 bits per heavy atom. The van der Waals surface area contributed by atoms with Crippen molar-refractivity contribution in [2.45, 2.75) is 0 Å². The van der Waals surface area contributed by atoms with Crippen LogP contribution in [0.3, 0.4) is 0 Å². The van der Waals surface area contributed by atoms with Crippen LogP contribution in [0.2, 0.25) is 0 Å². The monoisotopic (exact) mass is 204 g/mol. The molecule has 0 amide bonds. The van der Waals surface area contributed by atoms with Crippen molar-refractivity contribution < 1.29 is 9.90 Å². The van der Waals surface area contributed by atoms with Gasteiger partial charge in [-0.2, -0.15) is 0 Å². The zero-order valence-electron chi connectivity index (χ0n) is 7.95. The van der Waals surface area contributed by atoms with Crippen LogP contribution in [-0.2, 0) is 7.05 Å². The van der Waals surface area contributed by atoms with Crippen LogP contribution in [0.5, 0.6) is 0 Å². The van der Waals surface area contributed by atoms with Crippen molar-refractivity contribution in [3.63, 3.8) is 0 Å². The molecule has 2 aromatic heterocycles. The number of hydrogen-bond acceptors (Lipinski definition) is 4. The molecule has 0 unspecified atom stereocenters. The quantitative estimate of drug-likeness (QED) is 0.773. The minimum atomic E-state index is -1.05. The summed E-state index contributed by atoms with van der Waals surface area (Å²) in [4.78, 5) is 14.4. The predicted molar refractivity (Wildman–Crippen MR) is 51.2 cm³/mol. The molecule has 0 saturated carbocycles. The summed E-state index contributed by atoms with van der Waals surface area (Å²) >= 11 is 0. The molecule has 76 valence electrons. The fourth-order valence-electron chi connectivity index (χ4n) is 1.26. The van der Waals surface area contributed by atoms with E-state index in [-0.39, 0.29) is 5.69 Å². The average Bonchev–Trinajstić information content (AvgIpc) is 2.64. The molecule has 6 nitrogen and oxygen atoms in total. The van der Waals surface area contributed by atoms with Gasteiger partial charge >= 0.3 is 5.97 Å². The molecule has 0 aliphatic carbocycles. The number of aromatic nitrogens is 4. The first-order valence-corrected chi connectivity index (χ1v) is 4.23. The molecule has 0 aliphatic rings. The highest BCUT2D eigenvalue weighted by Gasteiger charge is 2.08. The Kier molecular flexibility index (Phi) is 2.17. The van der Waals surface area contributed by atoms with Gasteiger partial charge in [-0.15, -0.1) is 5.10 Å². The fourth-order valence-corrected chi connectivity index (χ4v) is 1.26. The van der Waals surface area contributed by atoms with Gasteiger partial charge < -0.3 is 5.11 Å². The van der Waals surface area contributed by atoms with E-state index in [0.717, 1.165) is 11.3 Å². The minimum Gasteiger partial charge on any atom is -0.477 e. The Morgan fingerprint density at radius 2 is 2.33 bits per heavy atom. The van der Waals surface area contributed by atoms with Gasteiger partial charge in [-0.3, -0.25) is 0 Å². The maximum Gasteiger partial charge on any atom is 0.354 e. The summed E-state index contributed by atoms with van der Waals surface area (Å²) in [7, 11) is 1.74. The van der Waals surface area contributed by atoms with Crippen molar-refractivity contribution in [1.82, 2.24) is 20.0 Å². The maximum absolute atomic E-state index is 10.7. The Hall–Kier alpha value is -2.24. The van der Waals surface area contributed by atoms with Crippen molar-refractivity contribution in [2.75, 3.05) is 0 Å². The van der Waals surface area contributed by atoms with Crippen LogP contribution in [0.25, 0.3) is 11.3 Å². The van der Waals surface area contributed by atoms with E-state index >= 15 is 0 Å². The highest BCUT2D eigenvalue weighted by Crippen LogP contribution is 2.16. The third-order valence-electron chi connectivity index (χ3n) is 1.99. The first kappa shape index (κ1) is 9.32. The van der Waals surface area contributed by atoms with Crippen molar-refractivity contribution >= 4 is 5.97 Å². The molecule has 2 aromatic rings. The largest absolute Gasteiger partial charge is 0.477 e. The van der Waals surface area contributed by atoms with Gasteiger partial charge in [0.05, 0.1) is 11.9 Å². The molecule has 6 heteroatoms. The number of aromatic carboxylic acids is 1. The number of hydrogen-bond donors (Lipinski definition) is 1. The van der Waals surface area contributed by atoms with Gasteiger partial charge in [0.1, 0.15) is 5.69 Å². The van der Waals surface area contributed by atoms with Crippen molar-refractivity contribution in [3.05, 3.63) is 30.2 Å². The highest BCUT2D eigenvalue weighted by molar-refractivity contribution is 5.86. The van der Waals surface area contributed by atoms with Crippen LogP contribution < -0.4 is 0 Å². The lowest BCUT2D eigenvalue weighted by atomic mass is 10.2. The fraction of sp³-hybridized carbons (Fsp3) is 0.111. The molecule has 0 fully saturated rings. The van der Waals surface area contributed by atoms with Gasteiger partial charge in [0.25, 0.3) is 0 Å². The molecule has 1 N–H and O–H groups in total. The Morgan fingerprint density at radius 1 is 1.53 bits per heavy atom. The standard InChI is InChI=1S/C9H8N4O2/c1-13-8(5-11-12-13)6-2-3-10-7(4-6)9(14)15/h2-5H,1H3,(H,14,15). The predicted octanol–water partition coefficient (Wildman–Crippen LogP) is 0.575. The molecule has 2 heterocycles. The van der Waals surface area contributed by atoms with E-state index in [2.05, 4.69) is 15.3 Å². The smallest absolute Gasteiger partial charge is 0.354 e. The Labute approximate surface area is 85.2 Å². The number of carboxylic acid groups (broad SMARTS) is 1. The van der Waals surface area contributed by atoms with Crippen molar-refractivity contribution in [1.29, 1.82) is 0 Å². The van der Waals surface area contributed by atoms with E-state index in [1.807, 2.05) is 0 Å². The molecule has 0 radical (unpaired) electrons. The first-order chi connectivity index (χ1) is 7.18. The van der Waals surface area contributed by atoms with Crippen LogP contribution in [0.15, 0.2) is 24.5 Å². The summed E-state index contributed by atoms with van der Waals surface area (Å²) in [5.41, 5.74) is 1.49. The molecule has 15 heavy (non-hydrogen) atoms. The third-order valence-corrected chi connectivity index (χ3v) is 1.99. The summed E-state index contributed by atoms with van der Waals surface area (Å²) in [5.74, 6) is -1.05. The SMILES string of the molecule is Cn1nncc1-c1ccnc(C(=O)O)c1. The lowest BCUT2D eigenvalue weighted by Crippen LogP contribution is -2.01. The topological polar surface area (TPSA) is 80.9 Å². The van der Waals surface area contributed by atoms with Gasteiger partial charge in [0.2, 0.25) is 0 Å². The van der Waals surface area contributed by atoms with Gasteiger partial charge in [-0.25, -0.2) is 14.5 Å². The number of aryl methyl sites for hydroxylation is 1. The van der Waals surface area contributed by atoms with E-state index in [9.17, 15) is 4.79 Å². The molecule has 0 saturated heterocycles. The van der Waals surface area contributed by atoms with Gasteiger partial charge in [-0.1, -0.05) is 5.21 Å².